The molecule has 0 saturated carbocycles. The zero-order valence-corrected chi connectivity index (χ0v) is 23.8. The number of hydrogen-bond acceptors (Lipinski definition) is 3. The largest absolute Gasteiger partial charge is 0.309 e. The van der Waals surface area contributed by atoms with Gasteiger partial charge in [0, 0.05) is 36.0 Å². The van der Waals surface area contributed by atoms with Crippen molar-refractivity contribution < 1.29 is 0 Å². The Balaban J connectivity index is 1.27. The molecular formula is C38H25NS2. The molecule has 0 unspecified atom stereocenters. The molecule has 1 aliphatic heterocycles. The van der Waals surface area contributed by atoms with Gasteiger partial charge in [-0.3, -0.25) is 0 Å². The van der Waals surface area contributed by atoms with E-state index >= 15 is 0 Å². The van der Waals surface area contributed by atoms with Gasteiger partial charge in [-0.2, -0.15) is 0 Å². The van der Waals surface area contributed by atoms with Crippen molar-refractivity contribution in [1.82, 2.24) is 0 Å². The zero-order chi connectivity index (χ0) is 27.2. The number of fused-ring (bicyclic) bond motifs is 4. The molecule has 1 nitrogen and oxygen atoms in total. The second-order valence-corrected chi connectivity index (χ2v) is 12.3. The molecule has 7 aromatic rings. The molecule has 7 aromatic carbocycles. The maximum Gasteiger partial charge on any atom is 0.0540 e. The highest BCUT2D eigenvalue weighted by molar-refractivity contribution is 8.05. The molecule has 8 rings (SSSR count). The zero-order valence-electron chi connectivity index (χ0n) is 22.2. The van der Waals surface area contributed by atoms with Crippen LogP contribution in [-0.4, -0.2) is 0 Å². The molecule has 0 fully saturated rings. The topological polar surface area (TPSA) is 3.24 Å². The van der Waals surface area contributed by atoms with Gasteiger partial charge in [0.05, 0.1) is 11.4 Å². The summed E-state index contributed by atoms with van der Waals surface area (Å²) in [6.07, 6.45) is 0. The van der Waals surface area contributed by atoms with E-state index in [-0.39, 0.29) is 0 Å². The van der Waals surface area contributed by atoms with Crippen LogP contribution in [0.1, 0.15) is 0 Å². The van der Waals surface area contributed by atoms with Crippen LogP contribution in [-0.2, 0) is 0 Å². The lowest BCUT2D eigenvalue weighted by molar-refractivity contribution is 1.16. The van der Waals surface area contributed by atoms with Crippen LogP contribution >= 0.6 is 23.5 Å². The summed E-state index contributed by atoms with van der Waals surface area (Å²) in [6, 6.07) is 54.9. The van der Waals surface area contributed by atoms with Crippen molar-refractivity contribution in [3.8, 4) is 11.1 Å². The van der Waals surface area contributed by atoms with Crippen LogP contribution in [0.25, 0.3) is 32.7 Å². The number of rotatable bonds is 4. The molecule has 1 aliphatic rings. The second kappa shape index (κ2) is 10.2. The molecule has 0 atom stereocenters. The molecule has 1 heterocycles. The molecule has 41 heavy (non-hydrogen) atoms. The predicted molar refractivity (Wildman–Crippen MR) is 176 cm³/mol. The average molecular weight is 560 g/mol. The normalized spacial score (nSPS) is 12.2. The summed E-state index contributed by atoms with van der Waals surface area (Å²) < 4.78 is 0. The first kappa shape index (κ1) is 24.4. The van der Waals surface area contributed by atoms with Gasteiger partial charge in [0.2, 0.25) is 0 Å². The lowest BCUT2D eigenvalue weighted by Gasteiger charge is -2.28. The van der Waals surface area contributed by atoms with Crippen LogP contribution in [0.3, 0.4) is 0 Å². The Bertz CT molecular complexity index is 1970. The van der Waals surface area contributed by atoms with Crippen molar-refractivity contribution in [3.63, 3.8) is 0 Å². The fourth-order valence-electron chi connectivity index (χ4n) is 5.78. The Morgan fingerprint density at radius 1 is 0.390 bits per heavy atom. The minimum absolute atomic E-state index is 1.14. The van der Waals surface area contributed by atoms with Gasteiger partial charge in [-0.05, 0) is 64.4 Å². The van der Waals surface area contributed by atoms with Gasteiger partial charge in [-0.15, -0.1) is 0 Å². The van der Waals surface area contributed by atoms with E-state index < -0.39 is 0 Å². The number of hydrogen-bond donors (Lipinski definition) is 0. The molecule has 0 amide bonds. The average Bonchev–Trinajstić information content (AvgIpc) is 3.04. The van der Waals surface area contributed by atoms with E-state index in [0.717, 1.165) is 5.69 Å². The fourth-order valence-corrected chi connectivity index (χ4v) is 8.18. The third-order valence-corrected chi connectivity index (χ3v) is 10.3. The summed E-state index contributed by atoms with van der Waals surface area (Å²) >= 11 is 3.75. The van der Waals surface area contributed by atoms with Crippen LogP contribution in [0, 0.1) is 0 Å². The van der Waals surface area contributed by atoms with Gasteiger partial charge >= 0.3 is 0 Å². The van der Waals surface area contributed by atoms with Crippen LogP contribution < -0.4 is 4.90 Å². The van der Waals surface area contributed by atoms with Crippen molar-refractivity contribution in [2.24, 2.45) is 0 Å². The summed E-state index contributed by atoms with van der Waals surface area (Å²) in [5, 5.41) is 4.93. The lowest BCUT2D eigenvalue weighted by atomic mass is 10.0. The molecule has 3 heteroatoms. The molecule has 0 spiro atoms. The third-order valence-electron chi connectivity index (χ3n) is 7.71. The first-order valence-corrected chi connectivity index (χ1v) is 15.4. The number of nitrogens with zero attached hydrogens (tertiary/aromatic N) is 1. The van der Waals surface area contributed by atoms with E-state index in [9.17, 15) is 0 Å². The highest BCUT2D eigenvalue weighted by atomic mass is 32.2. The minimum Gasteiger partial charge on any atom is -0.309 e. The minimum atomic E-state index is 1.14. The monoisotopic (exact) mass is 559 g/mol. The fraction of sp³-hybridized carbons (Fsp3) is 0. The van der Waals surface area contributed by atoms with E-state index in [4.69, 9.17) is 0 Å². The number of anilines is 3. The van der Waals surface area contributed by atoms with Crippen molar-refractivity contribution in [2.75, 3.05) is 4.90 Å². The van der Waals surface area contributed by atoms with Gasteiger partial charge in [0.1, 0.15) is 0 Å². The standard InChI is InChI=1S/C38H25NS2/c1-3-14-30-26(10-1)12-7-17-33(30)39(34-18-8-13-27-11-2-4-15-31(27)34)29-24-22-28(23-25-29)32-16-9-21-37-38(32)41-36-20-6-5-19-35(36)40-37/h1-25H. The first-order chi connectivity index (χ1) is 20.3. The van der Waals surface area contributed by atoms with Crippen molar-refractivity contribution in [2.45, 2.75) is 19.6 Å². The Kier molecular flexibility index (Phi) is 6.06. The predicted octanol–water partition coefficient (Wildman–Crippen LogP) is 11.7. The summed E-state index contributed by atoms with van der Waals surface area (Å²) in [6.45, 7) is 0. The second-order valence-electron chi connectivity index (χ2n) is 10.2. The van der Waals surface area contributed by atoms with Crippen LogP contribution in [0.5, 0.6) is 0 Å². The smallest absolute Gasteiger partial charge is 0.0540 e. The SMILES string of the molecule is c1ccc2c(c1)Sc1cccc(-c3ccc(N(c4cccc5ccccc45)c4cccc5ccccc45)cc3)c1S2. The highest BCUT2D eigenvalue weighted by Crippen LogP contribution is 2.52. The maximum absolute atomic E-state index is 2.41. The van der Waals surface area contributed by atoms with Gasteiger partial charge in [0.25, 0.3) is 0 Å². The van der Waals surface area contributed by atoms with Gasteiger partial charge in [-0.25, -0.2) is 0 Å². The highest BCUT2D eigenvalue weighted by Gasteiger charge is 2.21. The Labute approximate surface area is 248 Å². The molecule has 0 aliphatic carbocycles. The number of benzene rings is 7. The first-order valence-electron chi connectivity index (χ1n) is 13.8. The Hall–Kier alpha value is -4.44. The van der Waals surface area contributed by atoms with Crippen LogP contribution in [0.4, 0.5) is 17.1 Å². The van der Waals surface area contributed by atoms with Crippen LogP contribution in [0.2, 0.25) is 0 Å². The van der Waals surface area contributed by atoms with Gasteiger partial charge in [0.15, 0.2) is 0 Å². The summed E-state index contributed by atoms with van der Waals surface area (Å²) in [5.41, 5.74) is 6.00. The Morgan fingerprint density at radius 2 is 0.902 bits per heavy atom. The third kappa shape index (κ3) is 4.30. The lowest BCUT2D eigenvalue weighted by Crippen LogP contribution is -2.11. The van der Waals surface area contributed by atoms with E-state index in [1.165, 1.54) is 63.6 Å². The van der Waals surface area contributed by atoms with Gasteiger partial charge in [-0.1, -0.05) is 133 Å². The van der Waals surface area contributed by atoms with E-state index in [2.05, 4.69) is 157 Å². The quantitative estimate of drug-likeness (QED) is 0.211. The van der Waals surface area contributed by atoms with E-state index in [1.54, 1.807) is 0 Å². The maximum atomic E-state index is 2.41. The van der Waals surface area contributed by atoms with Crippen molar-refractivity contribution in [1.29, 1.82) is 0 Å². The van der Waals surface area contributed by atoms with E-state index in [0.29, 0.717) is 0 Å². The van der Waals surface area contributed by atoms with Crippen LogP contribution in [0.15, 0.2) is 171 Å². The molecule has 194 valence electrons. The van der Waals surface area contributed by atoms with Gasteiger partial charge < -0.3 is 4.90 Å². The molecule has 0 radical (unpaired) electrons. The molecule has 0 aromatic heterocycles. The van der Waals surface area contributed by atoms with E-state index in [1.807, 2.05) is 23.5 Å². The Morgan fingerprint density at radius 3 is 1.56 bits per heavy atom. The molecule has 0 N–H and O–H groups in total. The summed E-state index contributed by atoms with van der Waals surface area (Å²) in [4.78, 5) is 7.73. The van der Waals surface area contributed by atoms with Crippen molar-refractivity contribution in [3.05, 3.63) is 152 Å². The summed E-state index contributed by atoms with van der Waals surface area (Å²) in [5.74, 6) is 0. The molecule has 0 bridgehead atoms. The van der Waals surface area contributed by atoms with Crippen molar-refractivity contribution >= 4 is 62.1 Å². The molecule has 0 saturated heterocycles. The molecular weight excluding hydrogens is 535 g/mol. The summed E-state index contributed by atoms with van der Waals surface area (Å²) in [7, 11) is 0.